The summed E-state index contributed by atoms with van der Waals surface area (Å²) in [6, 6.07) is 7.73. The molecule has 92 valence electrons. The Morgan fingerprint density at radius 3 is 2.65 bits per heavy atom. The summed E-state index contributed by atoms with van der Waals surface area (Å²) in [5, 5.41) is 9.41. The van der Waals surface area contributed by atoms with E-state index in [1.807, 2.05) is 24.3 Å². The van der Waals surface area contributed by atoms with Gasteiger partial charge in [-0.2, -0.15) is 0 Å². The van der Waals surface area contributed by atoms with Gasteiger partial charge in [-0.3, -0.25) is 4.79 Å². The molecular formula is C13H15ClO3. The summed E-state index contributed by atoms with van der Waals surface area (Å²) in [6.45, 7) is 1.27. The summed E-state index contributed by atoms with van der Waals surface area (Å²) in [4.78, 5) is 10.5. The fraction of sp³-hybridized carbons (Fsp3) is 0.462. The third-order valence-electron chi connectivity index (χ3n) is 3.25. The summed E-state index contributed by atoms with van der Waals surface area (Å²) in [7, 11) is 0. The number of hydrogen-bond acceptors (Lipinski definition) is 2. The predicted molar refractivity (Wildman–Crippen MR) is 65.4 cm³/mol. The highest BCUT2D eigenvalue weighted by Gasteiger charge is 2.41. The Kier molecular flexibility index (Phi) is 3.69. The molecule has 0 bridgehead atoms. The van der Waals surface area contributed by atoms with Crippen molar-refractivity contribution in [2.45, 2.75) is 24.7 Å². The fourth-order valence-electron chi connectivity index (χ4n) is 2.25. The Morgan fingerprint density at radius 2 is 2.12 bits per heavy atom. The summed E-state index contributed by atoms with van der Waals surface area (Å²) in [5.74, 6) is -0.750. The Hall–Kier alpha value is -1.06. The van der Waals surface area contributed by atoms with E-state index in [2.05, 4.69) is 0 Å². The van der Waals surface area contributed by atoms with Crippen LogP contribution in [0.1, 0.15) is 24.8 Å². The second kappa shape index (κ2) is 5.07. The molecule has 1 aromatic rings. The van der Waals surface area contributed by atoms with Crippen LogP contribution in [-0.4, -0.2) is 24.3 Å². The van der Waals surface area contributed by atoms with Crippen molar-refractivity contribution in [2.75, 3.05) is 13.2 Å². The molecular weight excluding hydrogens is 240 g/mol. The lowest BCUT2D eigenvalue weighted by Gasteiger charge is -2.42. The van der Waals surface area contributed by atoms with Gasteiger partial charge in [0.25, 0.3) is 0 Å². The van der Waals surface area contributed by atoms with E-state index in [9.17, 15) is 4.79 Å². The van der Waals surface area contributed by atoms with Gasteiger partial charge in [0.15, 0.2) is 0 Å². The molecule has 0 radical (unpaired) electrons. The Morgan fingerprint density at radius 1 is 1.41 bits per heavy atom. The number of benzene rings is 1. The van der Waals surface area contributed by atoms with Crippen LogP contribution in [0.15, 0.2) is 24.3 Å². The smallest absolute Gasteiger partial charge is 0.303 e. The van der Waals surface area contributed by atoms with E-state index in [-0.39, 0.29) is 11.8 Å². The van der Waals surface area contributed by atoms with Gasteiger partial charge in [-0.1, -0.05) is 29.8 Å². The van der Waals surface area contributed by atoms with Crippen LogP contribution < -0.4 is 0 Å². The minimum atomic E-state index is -0.750. The van der Waals surface area contributed by atoms with E-state index in [1.54, 1.807) is 0 Å². The zero-order valence-corrected chi connectivity index (χ0v) is 10.2. The Labute approximate surface area is 105 Å². The number of aliphatic carboxylic acids is 1. The molecule has 1 N–H and O–H groups in total. The van der Waals surface area contributed by atoms with Crippen molar-refractivity contribution < 1.29 is 14.6 Å². The monoisotopic (exact) mass is 254 g/mol. The Balaban J connectivity index is 2.09. The molecule has 1 heterocycles. The highest BCUT2D eigenvalue weighted by atomic mass is 35.5. The molecule has 1 aliphatic heterocycles. The number of halogens is 1. The van der Waals surface area contributed by atoms with Crippen LogP contribution in [0, 0.1) is 0 Å². The summed E-state index contributed by atoms with van der Waals surface area (Å²) < 4.78 is 5.30. The molecule has 0 aliphatic carbocycles. The Bertz CT molecular complexity index is 413. The number of carbonyl (C=O) groups is 1. The van der Waals surface area contributed by atoms with Gasteiger partial charge in [0.2, 0.25) is 0 Å². The molecule has 17 heavy (non-hydrogen) atoms. The molecule has 0 aromatic heterocycles. The first-order chi connectivity index (χ1) is 8.14. The average molecular weight is 255 g/mol. The largest absolute Gasteiger partial charge is 0.481 e. The average Bonchev–Trinajstić information content (AvgIpc) is 2.23. The highest BCUT2D eigenvalue weighted by molar-refractivity contribution is 6.31. The maximum atomic E-state index is 10.5. The van der Waals surface area contributed by atoms with Gasteiger partial charge in [-0.05, 0) is 24.5 Å². The van der Waals surface area contributed by atoms with Crippen LogP contribution in [-0.2, 0) is 14.9 Å². The first-order valence-corrected chi connectivity index (χ1v) is 6.06. The number of carboxylic acid groups (broad SMARTS) is 1. The van der Waals surface area contributed by atoms with Gasteiger partial charge in [0.05, 0.1) is 13.2 Å². The molecule has 1 aliphatic rings. The normalized spacial score (nSPS) is 17.5. The van der Waals surface area contributed by atoms with Crippen molar-refractivity contribution in [2.24, 2.45) is 0 Å². The van der Waals surface area contributed by atoms with Crippen molar-refractivity contribution in [3.8, 4) is 0 Å². The second-order valence-corrected chi connectivity index (χ2v) is 4.91. The van der Waals surface area contributed by atoms with Crippen LogP contribution >= 0.6 is 11.6 Å². The van der Waals surface area contributed by atoms with E-state index in [1.165, 1.54) is 0 Å². The number of ether oxygens (including phenoxy) is 1. The van der Waals surface area contributed by atoms with E-state index in [4.69, 9.17) is 21.4 Å². The van der Waals surface area contributed by atoms with Gasteiger partial charge in [-0.15, -0.1) is 0 Å². The zero-order valence-electron chi connectivity index (χ0n) is 9.49. The van der Waals surface area contributed by atoms with Crippen LogP contribution in [0.25, 0.3) is 0 Å². The van der Waals surface area contributed by atoms with Crippen LogP contribution in [0.2, 0.25) is 5.02 Å². The van der Waals surface area contributed by atoms with Crippen LogP contribution in [0.5, 0.6) is 0 Å². The fourth-order valence-corrected chi connectivity index (χ4v) is 2.59. The topological polar surface area (TPSA) is 46.5 Å². The summed E-state index contributed by atoms with van der Waals surface area (Å²) in [5.41, 5.74) is 1.01. The first kappa shape index (κ1) is 12.4. The van der Waals surface area contributed by atoms with Crippen molar-refractivity contribution in [1.82, 2.24) is 0 Å². The van der Waals surface area contributed by atoms with Gasteiger partial charge >= 0.3 is 5.97 Å². The lowest BCUT2D eigenvalue weighted by molar-refractivity contribution is -0.137. The summed E-state index contributed by atoms with van der Waals surface area (Å²) >= 11 is 6.19. The van der Waals surface area contributed by atoms with Crippen molar-refractivity contribution in [3.05, 3.63) is 34.9 Å². The third-order valence-corrected chi connectivity index (χ3v) is 3.58. The lowest BCUT2D eigenvalue weighted by Crippen LogP contribution is -2.47. The molecule has 0 unspecified atom stereocenters. The minimum absolute atomic E-state index is 0.0756. The van der Waals surface area contributed by atoms with Crippen LogP contribution in [0.3, 0.4) is 0 Å². The molecule has 2 rings (SSSR count). The standard InChI is InChI=1S/C13H15ClO3/c14-11-5-2-1-4-10(11)13(8-17-9-13)7-3-6-12(15)16/h1-2,4-5H,3,6-9H2,(H,15,16). The lowest BCUT2D eigenvalue weighted by atomic mass is 9.74. The molecule has 0 saturated carbocycles. The van der Waals surface area contributed by atoms with Crippen molar-refractivity contribution >= 4 is 17.6 Å². The summed E-state index contributed by atoms with van der Waals surface area (Å²) in [6.07, 6.45) is 1.67. The molecule has 1 fully saturated rings. The third kappa shape index (κ3) is 2.61. The molecule has 0 atom stereocenters. The molecule has 1 aromatic carbocycles. The van der Waals surface area contributed by atoms with E-state index < -0.39 is 5.97 Å². The van der Waals surface area contributed by atoms with Crippen molar-refractivity contribution in [1.29, 1.82) is 0 Å². The second-order valence-electron chi connectivity index (χ2n) is 4.50. The van der Waals surface area contributed by atoms with Crippen molar-refractivity contribution in [3.63, 3.8) is 0 Å². The van der Waals surface area contributed by atoms with Gasteiger partial charge in [0.1, 0.15) is 0 Å². The number of rotatable bonds is 5. The number of hydrogen-bond donors (Lipinski definition) is 1. The minimum Gasteiger partial charge on any atom is -0.481 e. The predicted octanol–water partition coefficient (Wildman–Crippen LogP) is 2.86. The van der Waals surface area contributed by atoms with Gasteiger partial charge in [-0.25, -0.2) is 0 Å². The van der Waals surface area contributed by atoms with Crippen LogP contribution in [0.4, 0.5) is 0 Å². The number of carboxylic acids is 1. The maximum absolute atomic E-state index is 10.5. The van der Waals surface area contributed by atoms with E-state index in [0.717, 1.165) is 17.0 Å². The molecule has 3 nitrogen and oxygen atoms in total. The maximum Gasteiger partial charge on any atom is 0.303 e. The van der Waals surface area contributed by atoms with Gasteiger partial charge in [0, 0.05) is 16.9 Å². The van der Waals surface area contributed by atoms with E-state index in [0.29, 0.717) is 19.6 Å². The highest BCUT2D eigenvalue weighted by Crippen LogP contribution is 2.40. The first-order valence-electron chi connectivity index (χ1n) is 5.69. The SMILES string of the molecule is O=C(O)CCCC1(c2ccccc2Cl)COC1. The molecule has 4 heteroatoms. The molecule has 0 spiro atoms. The molecule has 0 amide bonds. The zero-order chi connectivity index (χ0) is 12.3. The van der Waals surface area contributed by atoms with E-state index >= 15 is 0 Å². The quantitative estimate of drug-likeness (QED) is 0.879. The molecule has 1 saturated heterocycles. The van der Waals surface area contributed by atoms with Gasteiger partial charge < -0.3 is 9.84 Å².